The Morgan fingerprint density at radius 1 is 1.50 bits per heavy atom. The molecular weight excluding hydrogens is 278 g/mol. The Morgan fingerprint density at radius 2 is 2.19 bits per heavy atom. The van der Waals surface area contributed by atoms with E-state index < -0.39 is 5.97 Å². The molecule has 5 nitrogen and oxygen atoms in total. The Kier molecular flexibility index (Phi) is 4.30. The van der Waals surface area contributed by atoms with Crippen LogP contribution in [0.5, 0.6) is 5.75 Å². The number of benzene rings is 1. The normalized spacial score (nSPS) is 9.62. The van der Waals surface area contributed by atoms with Gasteiger partial charge in [0.2, 0.25) is 5.91 Å². The molecule has 0 saturated carbocycles. The average molecular weight is 288 g/mol. The first-order valence-electron chi connectivity index (χ1n) is 4.36. The quantitative estimate of drug-likeness (QED) is 0.827. The zero-order chi connectivity index (χ0) is 12.1. The van der Waals surface area contributed by atoms with Crippen LogP contribution in [-0.4, -0.2) is 29.4 Å². The van der Waals surface area contributed by atoms with E-state index in [0.29, 0.717) is 5.75 Å². The summed E-state index contributed by atoms with van der Waals surface area (Å²) in [5.74, 6) is -1.15. The second-order valence-corrected chi connectivity index (χ2v) is 3.43. The predicted octanol–water partition coefficient (Wildman–Crippen LogP) is 1.73. The van der Waals surface area contributed by atoms with Gasteiger partial charge in [0.05, 0.1) is 23.7 Å². The van der Waals surface area contributed by atoms with Crippen LogP contribution in [0.15, 0.2) is 18.2 Å². The highest BCUT2D eigenvalue weighted by atomic mass is 79.9. The number of aromatic carboxylic acids is 1. The lowest BCUT2D eigenvalue weighted by molar-refractivity contribution is -0.113. The molecule has 0 unspecified atom stereocenters. The number of alkyl halides is 1. The minimum Gasteiger partial charge on any atom is -0.495 e. The molecule has 0 radical (unpaired) electrons. The van der Waals surface area contributed by atoms with E-state index in [0.717, 1.165) is 0 Å². The van der Waals surface area contributed by atoms with E-state index >= 15 is 0 Å². The van der Waals surface area contributed by atoms with Crippen molar-refractivity contribution in [1.82, 2.24) is 0 Å². The zero-order valence-electron chi connectivity index (χ0n) is 8.49. The molecule has 0 atom stereocenters. The average Bonchev–Trinajstić information content (AvgIpc) is 2.28. The summed E-state index contributed by atoms with van der Waals surface area (Å²) in [6.07, 6.45) is 0. The number of methoxy groups -OCH3 is 1. The third-order valence-electron chi connectivity index (χ3n) is 1.86. The summed E-state index contributed by atoms with van der Waals surface area (Å²) in [4.78, 5) is 22.2. The molecule has 1 aromatic carbocycles. The Bertz CT molecular complexity index is 419. The number of rotatable bonds is 4. The molecule has 0 aliphatic rings. The van der Waals surface area contributed by atoms with E-state index in [-0.39, 0.29) is 22.5 Å². The van der Waals surface area contributed by atoms with Gasteiger partial charge in [-0.25, -0.2) is 4.79 Å². The van der Waals surface area contributed by atoms with Gasteiger partial charge >= 0.3 is 5.97 Å². The first-order valence-corrected chi connectivity index (χ1v) is 5.48. The second-order valence-electron chi connectivity index (χ2n) is 2.87. The van der Waals surface area contributed by atoms with Gasteiger partial charge in [0.1, 0.15) is 5.75 Å². The Balaban J connectivity index is 3.19. The van der Waals surface area contributed by atoms with E-state index in [9.17, 15) is 9.59 Å². The smallest absolute Gasteiger partial charge is 0.337 e. The van der Waals surface area contributed by atoms with Crippen molar-refractivity contribution in [2.75, 3.05) is 17.8 Å². The minimum absolute atomic E-state index is 0.00588. The van der Waals surface area contributed by atoms with Crippen LogP contribution in [0.3, 0.4) is 0 Å². The number of carboxylic acid groups (broad SMARTS) is 1. The van der Waals surface area contributed by atoms with Gasteiger partial charge in [0.15, 0.2) is 0 Å². The molecule has 1 amide bonds. The van der Waals surface area contributed by atoms with Crippen molar-refractivity contribution in [3.63, 3.8) is 0 Å². The highest BCUT2D eigenvalue weighted by molar-refractivity contribution is 9.09. The Hall–Kier alpha value is -1.56. The third-order valence-corrected chi connectivity index (χ3v) is 2.37. The molecule has 0 fully saturated rings. The van der Waals surface area contributed by atoms with Gasteiger partial charge < -0.3 is 15.2 Å². The molecule has 1 aromatic rings. The van der Waals surface area contributed by atoms with Crippen molar-refractivity contribution in [3.8, 4) is 5.75 Å². The number of amides is 1. The number of hydrogen-bond donors (Lipinski definition) is 2. The first-order chi connectivity index (χ1) is 7.60. The van der Waals surface area contributed by atoms with Crippen molar-refractivity contribution in [3.05, 3.63) is 23.8 Å². The van der Waals surface area contributed by atoms with Gasteiger partial charge in [0.25, 0.3) is 0 Å². The van der Waals surface area contributed by atoms with E-state index in [2.05, 4.69) is 21.2 Å². The number of anilines is 1. The van der Waals surface area contributed by atoms with Gasteiger partial charge in [-0.2, -0.15) is 0 Å². The van der Waals surface area contributed by atoms with Crippen LogP contribution >= 0.6 is 15.9 Å². The van der Waals surface area contributed by atoms with Crippen LogP contribution < -0.4 is 10.1 Å². The van der Waals surface area contributed by atoms with Crippen LogP contribution in [-0.2, 0) is 4.79 Å². The molecule has 0 saturated heterocycles. The summed E-state index contributed by atoms with van der Waals surface area (Å²) in [6.45, 7) is 0. The van der Waals surface area contributed by atoms with Crippen molar-refractivity contribution >= 4 is 33.5 Å². The standard InChI is InChI=1S/C10H10BrNO4/c1-16-7-4-2-3-6(10(14)15)9(7)12-8(13)5-11/h2-4H,5H2,1H3,(H,12,13)(H,14,15). The predicted molar refractivity (Wildman–Crippen MR) is 62.4 cm³/mol. The largest absolute Gasteiger partial charge is 0.495 e. The minimum atomic E-state index is -1.12. The van der Waals surface area contributed by atoms with Crippen LogP contribution in [0.4, 0.5) is 5.69 Å². The summed E-state index contributed by atoms with van der Waals surface area (Å²) in [7, 11) is 1.41. The zero-order valence-corrected chi connectivity index (χ0v) is 10.1. The fraction of sp³-hybridized carbons (Fsp3) is 0.200. The Morgan fingerprint density at radius 3 is 2.69 bits per heavy atom. The van der Waals surface area contributed by atoms with Crippen LogP contribution in [0.1, 0.15) is 10.4 Å². The lowest BCUT2D eigenvalue weighted by atomic mass is 10.1. The summed E-state index contributed by atoms with van der Waals surface area (Å²) < 4.78 is 4.99. The summed E-state index contributed by atoms with van der Waals surface area (Å²) >= 11 is 2.98. The van der Waals surface area contributed by atoms with Crippen molar-refractivity contribution in [2.45, 2.75) is 0 Å². The fourth-order valence-corrected chi connectivity index (χ4v) is 1.32. The SMILES string of the molecule is COc1cccc(C(=O)O)c1NC(=O)CBr. The molecule has 0 aliphatic carbocycles. The number of halogens is 1. The lowest BCUT2D eigenvalue weighted by Crippen LogP contribution is -2.16. The van der Waals surface area contributed by atoms with Crippen molar-refractivity contribution < 1.29 is 19.4 Å². The Labute approximate surface area is 101 Å². The number of hydrogen-bond acceptors (Lipinski definition) is 3. The van der Waals surface area contributed by atoms with E-state index in [1.165, 1.54) is 13.2 Å². The highest BCUT2D eigenvalue weighted by Gasteiger charge is 2.16. The molecule has 1 rings (SSSR count). The summed E-state index contributed by atoms with van der Waals surface area (Å²) in [5.41, 5.74) is 0.163. The first kappa shape index (κ1) is 12.5. The molecular formula is C10H10BrNO4. The molecule has 0 bridgehead atoms. The van der Waals surface area contributed by atoms with Gasteiger partial charge in [-0.3, -0.25) is 4.79 Å². The number of para-hydroxylation sites is 1. The fourth-order valence-electron chi connectivity index (χ4n) is 1.18. The van der Waals surface area contributed by atoms with Crippen molar-refractivity contribution in [2.24, 2.45) is 0 Å². The number of nitrogens with one attached hydrogen (secondary N) is 1. The number of carbonyl (C=O) groups excluding carboxylic acids is 1. The topological polar surface area (TPSA) is 75.6 Å². The maximum Gasteiger partial charge on any atom is 0.337 e. The summed E-state index contributed by atoms with van der Waals surface area (Å²) in [5, 5.41) is 11.5. The van der Waals surface area contributed by atoms with Gasteiger partial charge in [-0.15, -0.1) is 0 Å². The molecule has 6 heteroatoms. The molecule has 2 N–H and O–H groups in total. The van der Waals surface area contributed by atoms with Gasteiger partial charge in [-0.05, 0) is 12.1 Å². The van der Waals surface area contributed by atoms with Gasteiger partial charge in [0, 0.05) is 0 Å². The van der Waals surface area contributed by atoms with Crippen LogP contribution in [0.2, 0.25) is 0 Å². The monoisotopic (exact) mass is 287 g/mol. The maximum atomic E-state index is 11.2. The van der Waals surface area contributed by atoms with E-state index in [4.69, 9.17) is 9.84 Å². The molecule has 16 heavy (non-hydrogen) atoms. The second kappa shape index (κ2) is 5.50. The number of carbonyl (C=O) groups is 2. The molecule has 0 spiro atoms. The number of ether oxygens (including phenoxy) is 1. The maximum absolute atomic E-state index is 11.2. The van der Waals surface area contributed by atoms with E-state index in [1.54, 1.807) is 12.1 Å². The highest BCUT2D eigenvalue weighted by Crippen LogP contribution is 2.28. The third kappa shape index (κ3) is 2.73. The molecule has 0 aromatic heterocycles. The van der Waals surface area contributed by atoms with E-state index in [1.807, 2.05) is 0 Å². The summed E-state index contributed by atoms with van der Waals surface area (Å²) in [6, 6.07) is 4.52. The lowest BCUT2D eigenvalue weighted by Gasteiger charge is -2.11. The van der Waals surface area contributed by atoms with Gasteiger partial charge in [-0.1, -0.05) is 22.0 Å². The molecule has 86 valence electrons. The number of carboxylic acids is 1. The van der Waals surface area contributed by atoms with Crippen LogP contribution in [0, 0.1) is 0 Å². The van der Waals surface area contributed by atoms with Crippen LogP contribution in [0.25, 0.3) is 0 Å². The molecule has 0 aliphatic heterocycles. The molecule has 0 heterocycles. The van der Waals surface area contributed by atoms with Crippen molar-refractivity contribution in [1.29, 1.82) is 0 Å².